The zero-order chi connectivity index (χ0) is 10.1. The summed E-state index contributed by atoms with van der Waals surface area (Å²) < 4.78 is 15.3. The van der Waals surface area contributed by atoms with Gasteiger partial charge in [-0.05, 0) is 0 Å². The highest BCUT2D eigenvalue weighted by Gasteiger charge is 2.56. The van der Waals surface area contributed by atoms with E-state index in [9.17, 15) is 9.36 Å². The molecule has 1 fully saturated rings. The van der Waals surface area contributed by atoms with Gasteiger partial charge in [0.05, 0.1) is 7.11 Å². The second kappa shape index (κ2) is 3.36. The molecule has 1 rings (SSSR count). The van der Waals surface area contributed by atoms with Crippen LogP contribution in [0, 0.1) is 0 Å². The molecular weight excluding hydrogens is 199 g/mol. The normalized spacial score (nSPS) is 21.5. The van der Waals surface area contributed by atoms with Crippen LogP contribution in [0.25, 0.3) is 0 Å². The zero-order valence-corrected chi connectivity index (χ0v) is 7.88. The maximum Gasteiger partial charge on any atom is 0.371 e. The Morgan fingerprint density at radius 2 is 1.92 bits per heavy atom. The SMILES string of the molecule is COC(=O)C1(P(=O)(O)O)NCCN1. The van der Waals surface area contributed by atoms with Crippen molar-refractivity contribution in [2.45, 2.75) is 5.40 Å². The van der Waals surface area contributed by atoms with Gasteiger partial charge in [-0.3, -0.25) is 15.2 Å². The lowest BCUT2D eigenvalue weighted by Gasteiger charge is -2.26. The van der Waals surface area contributed by atoms with Gasteiger partial charge in [0, 0.05) is 13.1 Å². The Bertz CT molecular complexity index is 256. The van der Waals surface area contributed by atoms with E-state index in [2.05, 4.69) is 15.4 Å². The number of carbonyl (C=O) groups is 1. The highest BCUT2D eigenvalue weighted by molar-refractivity contribution is 7.54. The second-order valence-electron chi connectivity index (χ2n) is 2.60. The minimum atomic E-state index is -4.61. The molecule has 0 aromatic carbocycles. The minimum Gasteiger partial charge on any atom is -0.466 e. The molecule has 0 radical (unpaired) electrons. The van der Waals surface area contributed by atoms with Gasteiger partial charge in [0.15, 0.2) is 0 Å². The Hall–Kier alpha value is -0.460. The molecule has 0 bridgehead atoms. The van der Waals surface area contributed by atoms with Gasteiger partial charge in [-0.1, -0.05) is 0 Å². The van der Waals surface area contributed by atoms with Crippen molar-refractivity contribution < 1.29 is 23.9 Å². The summed E-state index contributed by atoms with van der Waals surface area (Å²) in [5, 5.41) is 2.77. The number of rotatable bonds is 2. The fraction of sp³-hybridized carbons (Fsp3) is 0.800. The zero-order valence-electron chi connectivity index (χ0n) is 6.98. The van der Waals surface area contributed by atoms with E-state index < -0.39 is 19.0 Å². The summed E-state index contributed by atoms with van der Waals surface area (Å²) in [5.41, 5.74) is 0. The summed E-state index contributed by atoms with van der Waals surface area (Å²) in [6.45, 7) is 0.612. The van der Waals surface area contributed by atoms with Crippen LogP contribution in [0.3, 0.4) is 0 Å². The molecule has 13 heavy (non-hydrogen) atoms. The minimum absolute atomic E-state index is 0.306. The summed E-state index contributed by atoms with van der Waals surface area (Å²) in [6.07, 6.45) is 0. The van der Waals surface area contributed by atoms with E-state index in [1.54, 1.807) is 0 Å². The smallest absolute Gasteiger partial charge is 0.371 e. The number of esters is 1. The Labute approximate surface area is 74.6 Å². The maximum absolute atomic E-state index is 11.1. The Morgan fingerprint density at radius 1 is 1.46 bits per heavy atom. The molecule has 0 spiro atoms. The van der Waals surface area contributed by atoms with Crippen LogP contribution in [0.2, 0.25) is 0 Å². The third-order valence-electron chi connectivity index (χ3n) is 1.80. The first-order chi connectivity index (χ1) is 5.94. The van der Waals surface area contributed by atoms with Crippen molar-refractivity contribution in [2.75, 3.05) is 20.2 Å². The van der Waals surface area contributed by atoms with Crippen molar-refractivity contribution in [3.8, 4) is 0 Å². The van der Waals surface area contributed by atoms with Crippen LogP contribution in [0.15, 0.2) is 0 Å². The lowest BCUT2D eigenvalue weighted by atomic mass is 10.5. The average Bonchev–Trinajstić information content (AvgIpc) is 2.50. The van der Waals surface area contributed by atoms with Gasteiger partial charge >= 0.3 is 13.6 Å². The van der Waals surface area contributed by atoms with E-state index in [4.69, 9.17) is 9.79 Å². The van der Waals surface area contributed by atoms with Gasteiger partial charge in [0.25, 0.3) is 5.40 Å². The predicted octanol–water partition coefficient (Wildman–Crippen LogP) is -1.82. The highest BCUT2D eigenvalue weighted by Crippen LogP contribution is 2.48. The number of nitrogens with one attached hydrogen (secondary N) is 2. The first-order valence-corrected chi connectivity index (χ1v) is 5.19. The van der Waals surface area contributed by atoms with Crippen LogP contribution in [0.1, 0.15) is 0 Å². The maximum atomic E-state index is 11.1. The molecule has 1 aliphatic rings. The van der Waals surface area contributed by atoms with E-state index in [1.807, 2.05) is 0 Å². The highest BCUT2D eigenvalue weighted by atomic mass is 31.2. The molecule has 1 aliphatic heterocycles. The van der Waals surface area contributed by atoms with Gasteiger partial charge in [-0.2, -0.15) is 0 Å². The van der Waals surface area contributed by atoms with E-state index in [1.165, 1.54) is 0 Å². The van der Waals surface area contributed by atoms with E-state index >= 15 is 0 Å². The first-order valence-electron chi connectivity index (χ1n) is 3.58. The monoisotopic (exact) mass is 210 g/mol. The van der Waals surface area contributed by atoms with Gasteiger partial charge in [-0.25, -0.2) is 4.79 Å². The Balaban J connectivity index is 3.01. The van der Waals surface area contributed by atoms with Gasteiger partial charge < -0.3 is 14.5 Å². The van der Waals surface area contributed by atoms with Crippen LogP contribution < -0.4 is 10.6 Å². The summed E-state index contributed by atoms with van der Waals surface area (Å²) in [7, 11) is -3.54. The largest absolute Gasteiger partial charge is 0.466 e. The Morgan fingerprint density at radius 3 is 2.23 bits per heavy atom. The molecule has 7 nitrogen and oxygen atoms in total. The summed E-state index contributed by atoms with van der Waals surface area (Å²) in [5.74, 6) is -1.00. The van der Waals surface area contributed by atoms with Gasteiger partial charge in [0.2, 0.25) is 0 Å². The van der Waals surface area contributed by atoms with Crippen LogP contribution in [0.5, 0.6) is 0 Å². The average molecular weight is 210 g/mol. The molecule has 4 N–H and O–H groups in total. The van der Waals surface area contributed by atoms with Crippen LogP contribution >= 0.6 is 7.60 Å². The quantitative estimate of drug-likeness (QED) is 0.314. The van der Waals surface area contributed by atoms with Crippen molar-refractivity contribution in [3.05, 3.63) is 0 Å². The van der Waals surface area contributed by atoms with E-state index in [0.29, 0.717) is 13.1 Å². The lowest BCUT2D eigenvalue weighted by Crippen LogP contribution is -2.56. The lowest BCUT2D eigenvalue weighted by molar-refractivity contribution is -0.145. The summed E-state index contributed by atoms with van der Waals surface area (Å²) in [6, 6.07) is 0. The number of ether oxygens (including phenoxy) is 1. The second-order valence-corrected chi connectivity index (χ2v) is 4.36. The fourth-order valence-electron chi connectivity index (χ4n) is 1.17. The molecule has 8 heteroatoms. The van der Waals surface area contributed by atoms with Crippen molar-refractivity contribution in [1.82, 2.24) is 10.6 Å². The topological polar surface area (TPSA) is 108 Å². The van der Waals surface area contributed by atoms with E-state index in [-0.39, 0.29) is 0 Å². The third-order valence-corrected chi connectivity index (χ3v) is 3.18. The van der Waals surface area contributed by atoms with Crippen LogP contribution in [-0.2, 0) is 14.1 Å². The fourth-order valence-corrected chi connectivity index (χ4v) is 2.13. The molecule has 0 amide bonds. The third kappa shape index (κ3) is 1.61. The number of hydrogen-bond donors (Lipinski definition) is 4. The van der Waals surface area contributed by atoms with Crippen LogP contribution in [0.4, 0.5) is 0 Å². The molecule has 0 aromatic rings. The molecular formula is C5H11N2O5P. The molecule has 0 aliphatic carbocycles. The number of hydrogen-bond acceptors (Lipinski definition) is 5. The standard InChI is InChI=1S/C5H11N2O5P/c1-12-4(8)5(13(9,10)11)6-2-3-7-5/h6-7H,2-3H2,1H3,(H2,9,10,11). The van der Waals surface area contributed by atoms with Crippen molar-refractivity contribution in [3.63, 3.8) is 0 Å². The van der Waals surface area contributed by atoms with Crippen molar-refractivity contribution in [1.29, 1.82) is 0 Å². The van der Waals surface area contributed by atoms with Crippen molar-refractivity contribution in [2.24, 2.45) is 0 Å². The molecule has 76 valence electrons. The first kappa shape index (κ1) is 10.6. The number of methoxy groups -OCH3 is 1. The summed E-state index contributed by atoms with van der Waals surface area (Å²) in [4.78, 5) is 29.1. The molecule has 1 heterocycles. The molecule has 0 atom stereocenters. The van der Waals surface area contributed by atoms with E-state index in [0.717, 1.165) is 7.11 Å². The Kier molecular flexibility index (Phi) is 2.74. The number of carbonyl (C=O) groups excluding carboxylic acids is 1. The molecule has 0 saturated carbocycles. The van der Waals surface area contributed by atoms with Gasteiger partial charge in [0.1, 0.15) is 0 Å². The van der Waals surface area contributed by atoms with Gasteiger partial charge in [-0.15, -0.1) is 0 Å². The predicted molar refractivity (Wildman–Crippen MR) is 42.8 cm³/mol. The van der Waals surface area contributed by atoms with Crippen LogP contribution in [-0.4, -0.2) is 41.4 Å². The van der Waals surface area contributed by atoms with Crippen molar-refractivity contribution >= 4 is 13.6 Å². The summed E-state index contributed by atoms with van der Waals surface area (Å²) >= 11 is 0. The molecule has 0 aromatic heterocycles. The molecule has 0 unspecified atom stereocenters. The molecule has 1 saturated heterocycles.